The molecule has 2 aliphatic rings. The molecule has 6 rings (SSSR count). The molecule has 28 heteroatoms. The molecule has 6 heterocycles. The van der Waals surface area contributed by atoms with E-state index in [1.54, 1.807) is 0 Å². The highest BCUT2D eigenvalue weighted by Crippen LogP contribution is 2.57. The lowest BCUT2D eigenvalue weighted by Crippen LogP contribution is -2.33. The summed E-state index contributed by atoms with van der Waals surface area (Å²) in [5.74, 6) is -0.648. The molecule has 0 aliphatic carbocycles. The van der Waals surface area contributed by atoms with Gasteiger partial charge in [-0.1, -0.05) is 34.9 Å². The lowest BCUT2D eigenvalue weighted by atomic mass is 10.1. The van der Waals surface area contributed by atoms with Crippen molar-refractivity contribution in [3.63, 3.8) is 0 Å². The van der Waals surface area contributed by atoms with Crippen LogP contribution >= 0.6 is 38.5 Å². The highest BCUT2D eigenvalue weighted by molar-refractivity contribution is 8.44. The number of alkyl halides is 2. The minimum atomic E-state index is -4.64. The summed E-state index contributed by atoms with van der Waals surface area (Å²) in [6.45, 7) is -6.10. The molecule has 4 aromatic heterocycles. The zero-order valence-electron chi connectivity index (χ0n) is 22.5. The summed E-state index contributed by atoms with van der Waals surface area (Å²) in [5, 5.41) is 25.3. The van der Waals surface area contributed by atoms with Crippen molar-refractivity contribution in [1.29, 1.82) is 0 Å². The number of hydrogen-bond acceptors (Lipinski definition) is 18. The van der Waals surface area contributed by atoms with E-state index < -0.39 is 87.6 Å². The Morgan fingerprint density at radius 1 is 0.957 bits per heavy atom. The van der Waals surface area contributed by atoms with Crippen molar-refractivity contribution in [3.8, 4) is 0 Å². The van der Waals surface area contributed by atoms with Crippen molar-refractivity contribution in [1.82, 2.24) is 49.9 Å². The van der Waals surface area contributed by atoms with Crippen molar-refractivity contribution in [2.24, 2.45) is 0 Å². The average molecular weight is 731 g/mol. The van der Waals surface area contributed by atoms with Crippen molar-refractivity contribution < 1.29 is 46.1 Å². The molecule has 250 valence electrons. The van der Waals surface area contributed by atoms with E-state index in [0.717, 1.165) is 9.36 Å². The molecule has 10 atom stereocenters. The molecule has 7 N–H and O–H groups in total. The number of aromatic nitrogens is 10. The van der Waals surface area contributed by atoms with Crippen LogP contribution in [0, 0.1) is 0 Å². The minimum absolute atomic E-state index is 0.218. The summed E-state index contributed by atoms with van der Waals surface area (Å²) in [4.78, 5) is 36.5. The van der Waals surface area contributed by atoms with Gasteiger partial charge in [-0.2, -0.15) is 19.3 Å². The first-order valence-electron chi connectivity index (χ1n) is 12.7. The van der Waals surface area contributed by atoms with Gasteiger partial charge in [-0.25, -0.2) is 13.3 Å². The second-order valence-electron chi connectivity index (χ2n) is 9.74. The van der Waals surface area contributed by atoms with Gasteiger partial charge in [0.25, 0.3) is 11.1 Å². The predicted molar refractivity (Wildman–Crippen MR) is 156 cm³/mol. The number of nitrogens with two attached hydrogens (primary N) is 2. The van der Waals surface area contributed by atoms with E-state index in [4.69, 9.17) is 34.5 Å². The number of nitrogens with one attached hydrogen (secondary N) is 2. The Balaban J connectivity index is 1.21. The van der Waals surface area contributed by atoms with Gasteiger partial charge in [0.15, 0.2) is 47.1 Å². The summed E-state index contributed by atoms with van der Waals surface area (Å²) in [5.41, 5.74) is 8.59. The van der Waals surface area contributed by atoms with Crippen molar-refractivity contribution >= 4 is 72.7 Å². The standard InChI is InChI=1S/C18H22F2N12O10P2S2/c19-5-4(40-15(9(5)33)31-11-7(27-29-31)13(34)25-17(21)23-11)2-39-44(37,46)42-10-6(20)3(1-38-43(36)45)41-16(10)32-12-8(28-30-32)14(35)26-18(22)24-12/h3-6,9-10,15-16,33,43H,1-2H2,(H,36,45)(H,37,46)(H3,21,23,25,34)(H3,22,24,26,35)/t3-,4-,5-,6-,9-,10-,15-,16?,44?/m1/s1. The number of halogens is 2. The number of nitrogens with zero attached hydrogens (tertiary/aromatic N) is 8. The first-order valence-corrected chi connectivity index (χ1v) is 18.0. The number of nitrogen functional groups attached to an aromatic ring is 2. The lowest BCUT2D eigenvalue weighted by molar-refractivity contribution is -0.0592. The van der Waals surface area contributed by atoms with Crippen LogP contribution in [-0.2, 0) is 32.2 Å². The number of anilines is 2. The smallest absolute Gasteiger partial charge is 0.385 e. The number of H-pyrrole nitrogens is 2. The molecule has 0 saturated carbocycles. The van der Waals surface area contributed by atoms with E-state index in [0.29, 0.717) is 0 Å². The zero-order chi connectivity index (χ0) is 33.1. The SMILES string of the molecule is Nc1nc2c(nnn2C2O[C@H](CO[PH](=O)S)[C@@H](F)[C@H]2OP(=O)(S)OC[C@H]2O[C@@H](n3nnc4c(=O)[nH]c(N)nc43)[C@H](O)[C@@H]2F)c(=O)[nH]1. The number of thiol groups is 2. The number of fused-ring (bicyclic) bond motifs is 2. The number of aliphatic hydroxyl groups is 1. The van der Waals surface area contributed by atoms with E-state index in [2.05, 4.69) is 65.1 Å². The predicted octanol–water partition coefficient (Wildman–Crippen LogP) is -1.19. The van der Waals surface area contributed by atoms with E-state index >= 15 is 8.78 Å². The van der Waals surface area contributed by atoms with Crippen LogP contribution in [0.25, 0.3) is 22.3 Å². The first-order chi connectivity index (χ1) is 21.7. The molecule has 2 saturated heterocycles. The summed E-state index contributed by atoms with van der Waals surface area (Å²) < 4.78 is 83.8. The van der Waals surface area contributed by atoms with Gasteiger partial charge >= 0.3 is 6.80 Å². The molecule has 3 unspecified atom stereocenters. The van der Waals surface area contributed by atoms with Crippen LogP contribution in [0.1, 0.15) is 12.5 Å². The second kappa shape index (κ2) is 12.5. The minimum Gasteiger partial charge on any atom is -0.385 e. The fourth-order valence-corrected chi connectivity index (χ4v) is 6.73. The fraction of sp³-hybridized carbons (Fsp3) is 0.556. The van der Waals surface area contributed by atoms with Crippen LogP contribution in [0.3, 0.4) is 0 Å². The monoisotopic (exact) mass is 730 g/mol. The number of rotatable bonds is 10. The molecule has 4 aromatic rings. The Morgan fingerprint density at radius 2 is 1.48 bits per heavy atom. The largest absolute Gasteiger partial charge is 0.386 e. The van der Waals surface area contributed by atoms with Crippen LogP contribution in [0.5, 0.6) is 0 Å². The average Bonchev–Trinajstić information content (AvgIpc) is 3.72. The number of ether oxygens (including phenoxy) is 2. The summed E-state index contributed by atoms with van der Waals surface area (Å²) in [6, 6.07) is 0. The number of aromatic amines is 2. The van der Waals surface area contributed by atoms with Crippen LogP contribution in [0.4, 0.5) is 20.7 Å². The molecule has 0 spiro atoms. The van der Waals surface area contributed by atoms with Gasteiger partial charge in [0.05, 0.1) is 13.2 Å². The lowest BCUT2D eigenvalue weighted by Gasteiger charge is -2.24. The maximum Gasteiger partial charge on any atom is 0.386 e. The topological polar surface area (TPSA) is 305 Å². The second-order valence-corrected chi connectivity index (χ2v) is 14.5. The van der Waals surface area contributed by atoms with Gasteiger partial charge in [-0.15, -0.1) is 10.2 Å². The summed E-state index contributed by atoms with van der Waals surface area (Å²) in [7, 11) is -2.83. The Kier molecular flexibility index (Phi) is 8.94. The molecule has 2 aliphatic heterocycles. The number of aliphatic hydroxyl groups excluding tert-OH is 1. The third kappa shape index (κ3) is 6.16. The van der Waals surface area contributed by atoms with Crippen LogP contribution < -0.4 is 22.6 Å². The molecule has 0 radical (unpaired) electrons. The molecule has 2 fully saturated rings. The van der Waals surface area contributed by atoms with Crippen LogP contribution in [-0.4, -0.2) is 105 Å². The Hall–Kier alpha value is -3.06. The van der Waals surface area contributed by atoms with Crippen molar-refractivity contribution in [2.75, 3.05) is 24.7 Å². The zero-order valence-corrected chi connectivity index (χ0v) is 26.2. The molecule has 0 bridgehead atoms. The van der Waals surface area contributed by atoms with Crippen LogP contribution in [0.15, 0.2) is 9.59 Å². The van der Waals surface area contributed by atoms with Gasteiger partial charge in [0.2, 0.25) is 19.1 Å². The van der Waals surface area contributed by atoms with E-state index in [-0.39, 0.29) is 34.2 Å². The highest BCUT2D eigenvalue weighted by Gasteiger charge is 2.52. The summed E-state index contributed by atoms with van der Waals surface area (Å²) >= 11 is 7.51. The maximum atomic E-state index is 15.7. The Labute approximate surface area is 263 Å². The number of hydrogen-bond donors (Lipinski definition) is 7. The van der Waals surface area contributed by atoms with Gasteiger partial charge in [0, 0.05) is 0 Å². The van der Waals surface area contributed by atoms with Crippen LogP contribution in [0.2, 0.25) is 0 Å². The Morgan fingerprint density at radius 3 is 2.04 bits per heavy atom. The molecule has 0 amide bonds. The van der Waals surface area contributed by atoms with Gasteiger partial charge in [-0.3, -0.25) is 33.2 Å². The molecule has 22 nitrogen and oxygen atoms in total. The van der Waals surface area contributed by atoms with Gasteiger partial charge in [-0.05, 0) is 0 Å². The van der Waals surface area contributed by atoms with E-state index in [1.807, 2.05) is 0 Å². The van der Waals surface area contributed by atoms with Crippen molar-refractivity contribution in [3.05, 3.63) is 20.7 Å². The van der Waals surface area contributed by atoms with Gasteiger partial charge < -0.3 is 30.6 Å². The van der Waals surface area contributed by atoms with Crippen molar-refractivity contribution in [2.45, 2.75) is 49.2 Å². The highest BCUT2D eigenvalue weighted by atomic mass is 32.7. The Bertz CT molecular complexity index is 1980. The maximum absolute atomic E-state index is 15.7. The fourth-order valence-electron chi connectivity index (χ4n) is 4.75. The quantitative estimate of drug-likeness (QED) is 0.0745. The molecular formula is C18H22F2N12O10P2S2. The van der Waals surface area contributed by atoms with E-state index in [9.17, 15) is 23.8 Å². The third-order valence-electron chi connectivity index (χ3n) is 6.77. The molecular weight excluding hydrogens is 708 g/mol. The molecule has 0 aromatic carbocycles. The summed E-state index contributed by atoms with van der Waals surface area (Å²) in [6.07, 6.45) is -14.4. The van der Waals surface area contributed by atoms with Gasteiger partial charge in [0.1, 0.15) is 24.4 Å². The molecule has 46 heavy (non-hydrogen) atoms. The van der Waals surface area contributed by atoms with E-state index in [1.165, 1.54) is 0 Å². The first kappa shape index (κ1) is 32.9. The third-order valence-corrected chi connectivity index (χ3v) is 9.18. The normalized spacial score (nSPS) is 30.3.